The molecule has 0 radical (unpaired) electrons. The quantitative estimate of drug-likeness (QED) is 0.429. The van der Waals surface area contributed by atoms with Crippen LogP contribution in [0.1, 0.15) is 37.7 Å². The van der Waals surface area contributed by atoms with Crippen LogP contribution in [-0.2, 0) is 19.4 Å². The Morgan fingerprint density at radius 3 is 2.44 bits per heavy atom. The number of aromatic nitrogens is 2. The Labute approximate surface area is 200 Å². The fourth-order valence-electron chi connectivity index (χ4n) is 4.14. The Morgan fingerprint density at radius 1 is 1.18 bits per heavy atom. The minimum atomic E-state index is -2.93. The lowest BCUT2D eigenvalue weighted by molar-refractivity contribution is -0.137. The maximum Gasteiger partial charge on any atom is 0.316 e. The number of carboxylic acids is 1. The van der Waals surface area contributed by atoms with Gasteiger partial charge in [0.1, 0.15) is 9.84 Å². The van der Waals surface area contributed by atoms with Crippen LogP contribution in [-0.4, -0.2) is 67.8 Å². The number of rotatable bonds is 11. The van der Waals surface area contributed by atoms with Crippen LogP contribution >= 0.6 is 0 Å². The Morgan fingerprint density at radius 2 is 1.85 bits per heavy atom. The van der Waals surface area contributed by atoms with Gasteiger partial charge in [0.15, 0.2) is 0 Å². The number of hydrogen-bond acceptors (Lipinski definition) is 9. The van der Waals surface area contributed by atoms with Crippen molar-refractivity contribution in [2.24, 2.45) is 5.92 Å². The number of methoxy groups -OCH3 is 2. The van der Waals surface area contributed by atoms with Crippen molar-refractivity contribution in [2.45, 2.75) is 38.1 Å². The van der Waals surface area contributed by atoms with Gasteiger partial charge in [0.2, 0.25) is 0 Å². The molecule has 0 spiro atoms. The summed E-state index contributed by atoms with van der Waals surface area (Å²) < 4.78 is 33.9. The van der Waals surface area contributed by atoms with Crippen molar-refractivity contribution in [1.82, 2.24) is 9.97 Å². The molecule has 10 nitrogen and oxygen atoms in total. The predicted octanol–water partition coefficient (Wildman–Crippen LogP) is 3.06. The molecule has 2 atom stereocenters. The summed E-state index contributed by atoms with van der Waals surface area (Å²) in [5.41, 5.74) is 3.00. The van der Waals surface area contributed by atoms with Crippen molar-refractivity contribution in [3.8, 4) is 6.01 Å². The Hall–Kier alpha value is -2.92. The van der Waals surface area contributed by atoms with E-state index in [4.69, 9.17) is 9.47 Å². The summed E-state index contributed by atoms with van der Waals surface area (Å²) in [6, 6.07) is 5.99. The van der Waals surface area contributed by atoms with Crippen LogP contribution in [0.2, 0.25) is 0 Å². The maximum atomic E-state index is 11.8. The molecule has 11 heteroatoms. The lowest BCUT2D eigenvalue weighted by Gasteiger charge is -2.30. The van der Waals surface area contributed by atoms with Crippen LogP contribution in [0, 0.1) is 5.92 Å². The molecule has 1 aromatic heterocycles. The molecule has 1 aromatic carbocycles. The van der Waals surface area contributed by atoms with E-state index in [0.29, 0.717) is 18.5 Å². The van der Waals surface area contributed by atoms with Gasteiger partial charge < -0.3 is 25.2 Å². The molecular weight excluding hydrogens is 460 g/mol. The summed E-state index contributed by atoms with van der Waals surface area (Å²) in [5, 5.41) is 16.2. The van der Waals surface area contributed by atoms with Crippen molar-refractivity contribution < 1.29 is 27.8 Å². The van der Waals surface area contributed by atoms with Gasteiger partial charge in [0.25, 0.3) is 0 Å². The number of nitrogens with one attached hydrogen (secondary N) is 2. The first kappa shape index (κ1) is 25.7. The molecule has 3 rings (SSSR count). The number of carboxylic acid groups (broad SMARTS) is 1. The molecule has 2 heterocycles. The molecule has 2 unspecified atom stereocenters. The fraction of sp³-hybridized carbons (Fsp3) is 0.522. The zero-order valence-corrected chi connectivity index (χ0v) is 20.5. The number of ether oxygens (including phenoxy) is 2. The number of anilines is 3. The monoisotopic (exact) mass is 492 g/mol. The van der Waals surface area contributed by atoms with Gasteiger partial charge in [0.05, 0.1) is 61.1 Å². The lowest BCUT2D eigenvalue weighted by atomic mass is 9.93. The van der Waals surface area contributed by atoms with E-state index in [1.807, 2.05) is 18.2 Å². The zero-order chi connectivity index (χ0) is 24.7. The van der Waals surface area contributed by atoms with E-state index in [1.165, 1.54) is 7.11 Å². The van der Waals surface area contributed by atoms with Gasteiger partial charge in [-0.1, -0.05) is 6.07 Å². The largest absolute Gasteiger partial charge is 0.481 e. The van der Waals surface area contributed by atoms with Crippen molar-refractivity contribution in [3.63, 3.8) is 0 Å². The Kier molecular flexibility index (Phi) is 8.67. The number of sulfone groups is 1. The maximum absolute atomic E-state index is 11.8. The predicted molar refractivity (Wildman–Crippen MR) is 130 cm³/mol. The second-order valence-corrected chi connectivity index (χ2v) is 10.9. The molecule has 0 aliphatic carbocycles. The molecule has 34 heavy (non-hydrogen) atoms. The second kappa shape index (κ2) is 11.5. The molecule has 1 fully saturated rings. The van der Waals surface area contributed by atoms with E-state index < -0.39 is 15.8 Å². The van der Waals surface area contributed by atoms with Gasteiger partial charge >= 0.3 is 12.0 Å². The molecule has 0 saturated carbocycles. The molecule has 186 valence electrons. The van der Waals surface area contributed by atoms with Gasteiger partial charge in [-0.25, -0.2) is 18.4 Å². The number of aliphatic carboxylic acids is 1. The lowest BCUT2D eigenvalue weighted by Crippen LogP contribution is -2.33. The van der Waals surface area contributed by atoms with Crippen LogP contribution in [0.5, 0.6) is 6.01 Å². The molecule has 1 saturated heterocycles. The highest BCUT2D eigenvalue weighted by Crippen LogP contribution is 2.33. The SMILES string of the molecule is COCC(CC(=O)O)c1ccc(NC(C)C2CCS(=O)(=O)CC2)c(Nc2cnc(OC)nc2)c1. The van der Waals surface area contributed by atoms with Crippen LogP contribution in [0.3, 0.4) is 0 Å². The number of hydrogen-bond donors (Lipinski definition) is 3. The third-order valence-electron chi connectivity index (χ3n) is 6.08. The summed E-state index contributed by atoms with van der Waals surface area (Å²) in [4.78, 5) is 19.6. The van der Waals surface area contributed by atoms with E-state index in [0.717, 1.165) is 16.9 Å². The van der Waals surface area contributed by atoms with Gasteiger partial charge in [-0.2, -0.15) is 0 Å². The van der Waals surface area contributed by atoms with E-state index in [9.17, 15) is 18.3 Å². The van der Waals surface area contributed by atoms with Crippen molar-refractivity contribution in [2.75, 3.05) is 43.0 Å². The highest BCUT2D eigenvalue weighted by atomic mass is 32.2. The number of nitrogens with zero attached hydrogens (tertiary/aromatic N) is 2. The molecule has 2 aromatic rings. The minimum Gasteiger partial charge on any atom is -0.481 e. The smallest absolute Gasteiger partial charge is 0.316 e. The van der Waals surface area contributed by atoms with Crippen LogP contribution in [0.15, 0.2) is 30.6 Å². The molecular formula is C23H32N4O6S. The van der Waals surface area contributed by atoms with Gasteiger partial charge in [0, 0.05) is 19.1 Å². The van der Waals surface area contributed by atoms with E-state index in [2.05, 4.69) is 27.5 Å². The average Bonchev–Trinajstić information content (AvgIpc) is 2.80. The highest BCUT2D eigenvalue weighted by Gasteiger charge is 2.28. The average molecular weight is 493 g/mol. The Balaban J connectivity index is 1.87. The molecule has 0 amide bonds. The van der Waals surface area contributed by atoms with E-state index in [-0.39, 0.29) is 48.4 Å². The summed E-state index contributed by atoms with van der Waals surface area (Å²) in [7, 11) is 0.105. The molecule has 1 aliphatic rings. The number of carbonyl (C=O) groups is 1. The van der Waals surface area contributed by atoms with Crippen LogP contribution in [0.4, 0.5) is 17.1 Å². The first-order valence-corrected chi connectivity index (χ1v) is 13.0. The van der Waals surface area contributed by atoms with Gasteiger partial charge in [-0.05, 0) is 43.4 Å². The van der Waals surface area contributed by atoms with Crippen molar-refractivity contribution in [3.05, 3.63) is 36.2 Å². The van der Waals surface area contributed by atoms with Crippen molar-refractivity contribution >= 4 is 32.9 Å². The van der Waals surface area contributed by atoms with Gasteiger partial charge in [-0.3, -0.25) is 4.79 Å². The Bertz CT molecular complexity index is 1060. The van der Waals surface area contributed by atoms with E-state index in [1.54, 1.807) is 19.5 Å². The molecule has 1 aliphatic heterocycles. The van der Waals surface area contributed by atoms with Crippen molar-refractivity contribution in [1.29, 1.82) is 0 Å². The summed E-state index contributed by atoms with van der Waals surface area (Å²) >= 11 is 0. The van der Waals surface area contributed by atoms with Crippen LogP contribution in [0.25, 0.3) is 0 Å². The summed E-state index contributed by atoms with van der Waals surface area (Å²) in [5.74, 6) is -0.558. The minimum absolute atomic E-state index is 0.0443. The van der Waals surface area contributed by atoms with Crippen LogP contribution < -0.4 is 15.4 Å². The second-order valence-electron chi connectivity index (χ2n) is 8.56. The third kappa shape index (κ3) is 7.04. The summed E-state index contributed by atoms with van der Waals surface area (Å²) in [6.45, 7) is 2.33. The van der Waals surface area contributed by atoms with Gasteiger partial charge in [-0.15, -0.1) is 0 Å². The first-order chi connectivity index (χ1) is 16.2. The topological polar surface area (TPSA) is 140 Å². The normalized spacial score (nSPS) is 17.5. The standard InChI is InChI=1S/C23H32N4O6S/c1-15(16-6-8-34(30,31)9-7-16)26-20-5-4-17(18(14-32-2)11-22(28)29)10-21(20)27-19-12-24-23(33-3)25-13-19/h4-5,10,12-13,15-16,18,26-27H,6-9,11,14H2,1-3H3,(H,28,29). The first-order valence-electron chi connectivity index (χ1n) is 11.2. The molecule has 0 bridgehead atoms. The fourth-order valence-corrected chi connectivity index (χ4v) is 5.67. The third-order valence-corrected chi connectivity index (χ3v) is 7.80. The zero-order valence-electron chi connectivity index (χ0n) is 19.7. The molecule has 3 N–H and O–H groups in total. The van der Waals surface area contributed by atoms with E-state index >= 15 is 0 Å². The number of benzene rings is 1. The highest BCUT2D eigenvalue weighted by molar-refractivity contribution is 7.91. The summed E-state index contributed by atoms with van der Waals surface area (Å²) in [6.07, 6.45) is 4.39.